The summed E-state index contributed by atoms with van der Waals surface area (Å²) in [6.45, 7) is 6.60. The lowest BCUT2D eigenvalue weighted by Crippen LogP contribution is -2.53. The van der Waals surface area contributed by atoms with E-state index in [1.54, 1.807) is 7.11 Å². The number of rotatable bonds is 0. The number of benzene rings is 1. The Balaban J connectivity index is 2.15. The maximum absolute atomic E-state index is 5.53. The molecule has 2 heterocycles. The van der Waals surface area contributed by atoms with Crippen molar-refractivity contribution >= 4 is 23.5 Å². The number of hydrogen-bond donors (Lipinski definition) is 0. The van der Waals surface area contributed by atoms with E-state index in [-0.39, 0.29) is 10.4 Å². The summed E-state index contributed by atoms with van der Waals surface area (Å²) in [5.74, 6) is 0. The minimum Gasteiger partial charge on any atom is -0.468 e. The Hall–Kier alpha value is -1.16. The van der Waals surface area contributed by atoms with E-state index in [4.69, 9.17) is 9.73 Å². The number of amidine groups is 1. The number of anilines is 1. The highest BCUT2D eigenvalue weighted by atomic mass is 32.2. The molecule has 3 nitrogen and oxygen atoms in total. The molecule has 0 bridgehead atoms. The van der Waals surface area contributed by atoms with E-state index in [2.05, 4.69) is 49.9 Å². The molecule has 0 aliphatic carbocycles. The molecule has 4 heteroatoms. The lowest BCUT2D eigenvalue weighted by Gasteiger charge is -2.44. The average molecular weight is 262 g/mol. The van der Waals surface area contributed by atoms with Crippen molar-refractivity contribution in [3.63, 3.8) is 0 Å². The topological polar surface area (TPSA) is 24.8 Å². The molecule has 2 aliphatic heterocycles. The monoisotopic (exact) mass is 262 g/mol. The number of methoxy groups -OCH3 is 1. The Morgan fingerprint density at radius 2 is 2.00 bits per heavy atom. The second kappa shape index (κ2) is 3.67. The van der Waals surface area contributed by atoms with E-state index >= 15 is 0 Å². The van der Waals surface area contributed by atoms with Crippen LogP contribution in [0.25, 0.3) is 0 Å². The van der Waals surface area contributed by atoms with Gasteiger partial charge in [-0.05, 0) is 32.9 Å². The molecule has 1 aromatic carbocycles. The van der Waals surface area contributed by atoms with E-state index < -0.39 is 0 Å². The standard InChI is InChI=1S/C14H18N2OS/c1-13(2)9-14(3)16(12(15-13)17-4)10-7-5-6-8-11(10)18-14/h5-8H,9H2,1-4H3. The van der Waals surface area contributed by atoms with Crippen LogP contribution in [0, 0.1) is 0 Å². The zero-order valence-electron chi connectivity index (χ0n) is 11.2. The van der Waals surface area contributed by atoms with Gasteiger partial charge in [-0.25, -0.2) is 4.99 Å². The molecular formula is C14H18N2OS. The minimum atomic E-state index is -0.0777. The van der Waals surface area contributed by atoms with Crippen molar-refractivity contribution in [2.45, 2.75) is 42.5 Å². The van der Waals surface area contributed by atoms with Crippen LogP contribution in [0.5, 0.6) is 0 Å². The number of thioether (sulfide) groups is 1. The number of fused-ring (bicyclic) bond motifs is 3. The molecule has 0 amide bonds. The summed E-state index contributed by atoms with van der Waals surface area (Å²) in [5.41, 5.74) is 1.13. The molecular weight excluding hydrogens is 244 g/mol. The molecule has 0 aromatic heterocycles. The van der Waals surface area contributed by atoms with Crippen LogP contribution in [0.4, 0.5) is 5.69 Å². The largest absolute Gasteiger partial charge is 0.468 e. The van der Waals surface area contributed by atoms with Crippen molar-refractivity contribution < 1.29 is 4.74 Å². The van der Waals surface area contributed by atoms with Crippen LogP contribution >= 0.6 is 11.8 Å². The second-order valence-corrected chi connectivity index (χ2v) is 7.19. The van der Waals surface area contributed by atoms with E-state index in [0.29, 0.717) is 0 Å². The molecule has 0 N–H and O–H groups in total. The lowest BCUT2D eigenvalue weighted by atomic mass is 9.93. The van der Waals surface area contributed by atoms with Gasteiger partial charge in [0.25, 0.3) is 6.02 Å². The fourth-order valence-corrected chi connectivity index (χ4v) is 4.55. The number of hydrogen-bond acceptors (Lipinski definition) is 4. The fourth-order valence-electron chi connectivity index (χ4n) is 2.97. The number of para-hydroxylation sites is 1. The summed E-state index contributed by atoms with van der Waals surface area (Å²) in [6.07, 6.45) is 1.01. The molecule has 0 saturated carbocycles. The smallest absolute Gasteiger partial charge is 0.293 e. The number of aliphatic imine (C=N–C) groups is 1. The third kappa shape index (κ3) is 1.62. The van der Waals surface area contributed by atoms with Crippen molar-refractivity contribution in [3.05, 3.63) is 24.3 Å². The van der Waals surface area contributed by atoms with E-state index in [0.717, 1.165) is 12.4 Å². The highest BCUT2D eigenvalue weighted by Gasteiger charge is 2.50. The van der Waals surface area contributed by atoms with Gasteiger partial charge in [0.05, 0.1) is 23.2 Å². The summed E-state index contributed by atoms with van der Waals surface area (Å²) < 4.78 is 5.53. The van der Waals surface area contributed by atoms with Gasteiger partial charge < -0.3 is 4.74 Å². The maximum Gasteiger partial charge on any atom is 0.293 e. The van der Waals surface area contributed by atoms with Crippen molar-refractivity contribution in [2.24, 2.45) is 4.99 Å². The maximum atomic E-state index is 5.53. The summed E-state index contributed by atoms with van der Waals surface area (Å²) >= 11 is 1.91. The van der Waals surface area contributed by atoms with Crippen molar-refractivity contribution in [3.8, 4) is 0 Å². The summed E-state index contributed by atoms with van der Waals surface area (Å²) in [7, 11) is 1.70. The summed E-state index contributed by atoms with van der Waals surface area (Å²) in [6, 6.07) is 9.19. The Bertz CT molecular complexity index is 526. The molecule has 0 saturated heterocycles. The summed E-state index contributed by atoms with van der Waals surface area (Å²) in [5, 5.41) is 0. The van der Waals surface area contributed by atoms with Gasteiger partial charge in [-0.15, -0.1) is 0 Å². The van der Waals surface area contributed by atoms with Gasteiger partial charge in [-0.1, -0.05) is 23.9 Å². The van der Waals surface area contributed by atoms with Crippen LogP contribution in [-0.4, -0.2) is 23.5 Å². The average Bonchev–Trinajstić information content (AvgIpc) is 2.57. The SMILES string of the molecule is COC1=NC(C)(C)CC2(C)Sc3ccccc3N12. The zero-order valence-corrected chi connectivity index (χ0v) is 12.0. The van der Waals surface area contributed by atoms with Crippen LogP contribution in [0.2, 0.25) is 0 Å². The molecule has 96 valence electrons. The highest BCUT2D eigenvalue weighted by Crippen LogP contribution is 2.55. The van der Waals surface area contributed by atoms with Crippen LogP contribution < -0.4 is 4.90 Å². The summed E-state index contributed by atoms with van der Waals surface area (Å²) in [4.78, 5) is 8.27. The van der Waals surface area contributed by atoms with Gasteiger partial charge in [-0.2, -0.15) is 0 Å². The van der Waals surface area contributed by atoms with E-state index in [1.807, 2.05) is 11.8 Å². The molecule has 2 aliphatic rings. The van der Waals surface area contributed by atoms with Gasteiger partial charge in [-0.3, -0.25) is 4.90 Å². The first kappa shape index (κ1) is 11.9. The Kier molecular flexibility index (Phi) is 2.43. The van der Waals surface area contributed by atoms with Crippen molar-refractivity contribution in [1.29, 1.82) is 0 Å². The predicted molar refractivity (Wildman–Crippen MR) is 76.3 cm³/mol. The van der Waals surface area contributed by atoms with Crippen molar-refractivity contribution in [2.75, 3.05) is 12.0 Å². The van der Waals surface area contributed by atoms with Crippen molar-refractivity contribution in [1.82, 2.24) is 0 Å². The number of ether oxygens (including phenoxy) is 1. The lowest BCUT2D eigenvalue weighted by molar-refractivity contribution is 0.321. The van der Waals surface area contributed by atoms with Crippen LogP contribution in [-0.2, 0) is 4.74 Å². The normalized spacial score (nSPS) is 28.4. The quantitative estimate of drug-likeness (QED) is 0.715. The zero-order chi connectivity index (χ0) is 13.0. The first-order valence-electron chi connectivity index (χ1n) is 6.17. The molecule has 0 fully saturated rings. The van der Waals surface area contributed by atoms with Gasteiger partial charge in [0.1, 0.15) is 0 Å². The third-order valence-electron chi connectivity index (χ3n) is 3.44. The van der Waals surface area contributed by atoms with Crippen LogP contribution in [0.1, 0.15) is 27.2 Å². The second-order valence-electron chi connectivity index (χ2n) is 5.67. The Labute approximate surface area is 112 Å². The molecule has 1 atom stereocenters. The predicted octanol–water partition coefficient (Wildman–Crippen LogP) is 3.50. The molecule has 0 spiro atoms. The third-order valence-corrected chi connectivity index (χ3v) is 4.77. The first-order chi connectivity index (χ1) is 8.45. The molecule has 1 unspecified atom stereocenters. The van der Waals surface area contributed by atoms with Gasteiger partial charge in [0.15, 0.2) is 0 Å². The minimum absolute atomic E-state index is 0.000278. The Morgan fingerprint density at radius 1 is 1.28 bits per heavy atom. The van der Waals surface area contributed by atoms with Crippen LogP contribution in [0.15, 0.2) is 34.2 Å². The van der Waals surface area contributed by atoms with Gasteiger partial charge in [0, 0.05) is 11.3 Å². The van der Waals surface area contributed by atoms with Crippen LogP contribution in [0.3, 0.4) is 0 Å². The molecule has 0 radical (unpaired) electrons. The highest BCUT2D eigenvalue weighted by molar-refractivity contribution is 8.01. The molecule has 1 aromatic rings. The molecule has 18 heavy (non-hydrogen) atoms. The molecule has 3 rings (SSSR count). The van der Waals surface area contributed by atoms with E-state index in [1.165, 1.54) is 10.6 Å². The van der Waals surface area contributed by atoms with Gasteiger partial charge in [0.2, 0.25) is 0 Å². The fraction of sp³-hybridized carbons (Fsp3) is 0.500. The number of nitrogens with zero attached hydrogens (tertiary/aromatic N) is 2. The van der Waals surface area contributed by atoms with E-state index in [9.17, 15) is 0 Å². The van der Waals surface area contributed by atoms with Gasteiger partial charge >= 0.3 is 0 Å². The Morgan fingerprint density at radius 3 is 2.72 bits per heavy atom. The first-order valence-corrected chi connectivity index (χ1v) is 6.99.